The molecule has 0 saturated heterocycles. The molecule has 1 rings (SSSR count). The molecule has 5 heteroatoms. The topological polar surface area (TPSA) is 35.5 Å². The summed E-state index contributed by atoms with van der Waals surface area (Å²) in [5.74, 6) is 0.142. The molecule has 1 aromatic carbocycles. The van der Waals surface area contributed by atoms with E-state index in [1.807, 2.05) is 0 Å². The molecule has 1 aromatic rings. The van der Waals surface area contributed by atoms with Crippen LogP contribution >= 0.6 is 23.2 Å². The summed E-state index contributed by atoms with van der Waals surface area (Å²) < 4.78 is 10.6. The standard InChI is InChI=1S/C16H22Cl2O3/c1-4-6-7-11(5-2)10-21-16(19)14-12(17)8-9-13(18)15(14)20-3/h8-9,11H,4-7,10H2,1-3H3. The average Bonchev–Trinajstić information content (AvgIpc) is 2.49. The summed E-state index contributed by atoms with van der Waals surface area (Å²) in [7, 11) is 1.45. The van der Waals surface area contributed by atoms with Crippen molar-refractivity contribution in [1.29, 1.82) is 0 Å². The number of esters is 1. The zero-order valence-electron chi connectivity index (χ0n) is 12.7. The van der Waals surface area contributed by atoms with E-state index in [1.165, 1.54) is 7.11 Å². The van der Waals surface area contributed by atoms with Crippen molar-refractivity contribution in [2.24, 2.45) is 5.92 Å². The molecule has 0 aromatic heterocycles. The first-order chi connectivity index (χ1) is 10.0. The largest absolute Gasteiger partial charge is 0.494 e. The molecule has 0 fully saturated rings. The number of carbonyl (C=O) groups is 1. The molecule has 0 amide bonds. The monoisotopic (exact) mass is 332 g/mol. The number of benzene rings is 1. The fourth-order valence-electron chi connectivity index (χ4n) is 2.09. The van der Waals surface area contributed by atoms with Gasteiger partial charge in [0.2, 0.25) is 0 Å². The van der Waals surface area contributed by atoms with Crippen molar-refractivity contribution in [3.63, 3.8) is 0 Å². The molecule has 0 bridgehead atoms. The summed E-state index contributed by atoms with van der Waals surface area (Å²) in [6.45, 7) is 4.64. The van der Waals surface area contributed by atoms with Gasteiger partial charge in [0.1, 0.15) is 5.56 Å². The summed E-state index contributed by atoms with van der Waals surface area (Å²) in [5.41, 5.74) is 0.192. The molecule has 1 atom stereocenters. The molecule has 0 radical (unpaired) electrons. The van der Waals surface area contributed by atoms with Crippen molar-refractivity contribution in [3.8, 4) is 5.75 Å². The van der Waals surface area contributed by atoms with Crippen LogP contribution in [-0.2, 0) is 4.74 Å². The van der Waals surface area contributed by atoms with Gasteiger partial charge in [-0.25, -0.2) is 4.79 Å². The zero-order chi connectivity index (χ0) is 15.8. The lowest BCUT2D eigenvalue weighted by molar-refractivity contribution is 0.0425. The minimum atomic E-state index is -0.491. The highest BCUT2D eigenvalue weighted by Crippen LogP contribution is 2.34. The summed E-state index contributed by atoms with van der Waals surface area (Å²) in [6, 6.07) is 3.16. The van der Waals surface area contributed by atoms with Crippen LogP contribution in [0.25, 0.3) is 0 Å². The predicted octanol–water partition coefficient (Wildman–Crippen LogP) is 5.38. The van der Waals surface area contributed by atoms with Crippen LogP contribution in [0.2, 0.25) is 10.0 Å². The maximum atomic E-state index is 12.2. The molecule has 3 nitrogen and oxygen atoms in total. The van der Waals surface area contributed by atoms with E-state index in [2.05, 4.69) is 13.8 Å². The first-order valence-corrected chi connectivity index (χ1v) is 7.99. The summed E-state index contributed by atoms with van der Waals surface area (Å²) in [6.07, 6.45) is 4.31. The maximum absolute atomic E-state index is 12.2. The SMILES string of the molecule is CCCCC(CC)COC(=O)c1c(Cl)ccc(Cl)c1OC. The molecule has 1 unspecified atom stereocenters. The van der Waals surface area contributed by atoms with Crippen LogP contribution in [0, 0.1) is 5.92 Å². The molecule has 0 spiro atoms. The second kappa shape index (κ2) is 9.16. The molecule has 0 heterocycles. The van der Waals surface area contributed by atoms with Crippen LogP contribution in [0.3, 0.4) is 0 Å². The van der Waals surface area contributed by atoms with Crippen LogP contribution in [-0.4, -0.2) is 19.7 Å². The quantitative estimate of drug-likeness (QED) is 0.600. The third-order valence-electron chi connectivity index (χ3n) is 3.46. The Kier molecular flexibility index (Phi) is 7.91. The number of hydrogen-bond donors (Lipinski definition) is 0. The number of carbonyl (C=O) groups excluding carboxylic acids is 1. The lowest BCUT2D eigenvalue weighted by atomic mass is 10.0. The summed E-state index contributed by atoms with van der Waals surface area (Å²) >= 11 is 12.1. The molecule has 0 aliphatic heterocycles. The second-order valence-corrected chi connectivity index (χ2v) is 5.77. The summed E-state index contributed by atoms with van der Waals surface area (Å²) in [4.78, 5) is 12.2. The van der Waals surface area contributed by atoms with Crippen molar-refractivity contribution in [3.05, 3.63) is 27.7 Å². The zero-order valence-corrected chi connectivity index (χ0v) is 14.3. The number of rotatable bonds is 8. The Labute approximate surface area is 136 Å². The normalized spacial score (nSPS) is 12.0. The number of ether oxygens (including phenoxy) is 2. The van der Waals surface area contributed by atoms with E-state index in [0.717, 1.165) is 25.7 Å². The van der Waals surface area contributed by atoms with Crippen molar-refractivity contribution in [2.45, 2.75) is 39.5 Å². The fraction of sp³-hybridized carbons (Fsp3) is 0.562. The number of unbranched alkanes of at least 4 members (excludes halogenated alkanes) is 1. The van der Waals surface area contributed by atoms with Crippen molar-refractivity contribution in [1.82, 2.24) is 0 Å². The Morgan fingerprint density at radius 1 is 1.24 bits per heavy atom. The smallest absolute Gasteiger partial charge is 0.343 e. The van der Waals surface area contributed by atoms with E-state index in [1.54, 1.807) is 12.1 Å². The van der Waals surface area contributed by atoms with Crippen molar-refractivity contribution < 1.29 is 14.3 Å². The third-order valence-corrected chi connectivity index (χ3v) is 4.07. The van der Waals surface area contributed by atoms with Gasteiger partial charge in [0, 0.05) is 0 Å². The van der Waals surface area contributed by atoms with Crippen LogP contribution in [0.5, 0.6) is 5.75 Å². The van der Waals surface area contributed by atoms with E-state index in [-0.39, 0.29) is 16.3 Å². The number of halogens is 2. The summed E-state index contributed by atoms with van der Waals surface area (Å²) in [5, 5.41) is 0.620. The minimum Gasteiger partial charge on any atom is -0.494 e. The number of hydrogen-bond acceptors (Lipinski definition) is 3. The van der Waals surface area contributed by atoms with Gasteiger partial charge in [0.15, 0.2) is 5.75 Å². The molecular weight excluding hydrogens is 311 g/mol. The Morgan fingerprint density at radius 3 is 2.48 bits per heavy atom. The molecule has 0 saturated carbocycles. The van der Waals surface area contributed by atoms with Gasteiger partial charge in [0.25, 0.3) is 0 Å². The van der Waals surface area contributed by atoms with E-state index in [0.29, 0.717) is 17.5 Å². The molecule has 21 heavy (non-hydrogen) atoms. The number of methoxy groups -OCH3 is 1. The Balaban J connectivity index is 2.78. The van der Waals surface area contributed by atoms with E-state index >= 15 is 0 Å². The highest BCUT2D eigenvalue weighted by atomic mass is 35.5. The van der Waals surface area contributed by atoms with Gasteiger partial charge in [-0.3, -0.25) is 0 Å². The predicted molar refractivity (Wildman–Crippen MR) is 86.6 cm³/mol. The minimum absolute atomic E-state index is 0.192. The maximum Gasteiger partial charge on any atom is 0.343 e. The van der Waals surface area contributed by atoms with Gasteiger partial charge >= 0.3 is 5.97 Å². The van der Waals surface area contributed by atoms with Crippen molar-refractivity contribution in [2.75, 3.05) is 13.7 Å². The fourth-order valence-corrected chi connectivity index (χ4v) is 2.55. The molecule has 0 aliphatic carbocycles. The molecule has 118 valence electrons. The lowest BCUT2D eigenvalue weighted by Gasteiger charge is -2.16. The van der Waals surface area contributed by atoms with Gasteiger partial charge in [-0.05, 0) is 24.5 Å². The molecule has 0 N–H and O–H groups in total. The Morgan fingerprint density at radius 2 is 1.90 bits per heavy atom. The van der Waals surface area contributed by atoms with E-state index in [4.69, 9.17) is 32.7 Å². The van der Waals surface area contributed by atoms with Crippen molar-refractivity contribution >= 4 is 29.2 Å². The third kappa shape index (κ3) is 5.08. The van der Waals surface area contributed by atoms with Gasteiger partial charge in [-0.2, -0.15) is 0 Å². The average molecular weight is 333 g/mol. The van der Waals surface area contributed by atoms with Gasteiger partial charge < -0.3 is 9.47 Å². The molecule has 0 aliphatic rings. The van der Waals surface area contributed by atoms with Crippen LogP contribution in [0.15, 0.2) is 12.1 Å². The van der Waals surface area contributed by atoms with Gasteiger partial charge in [-0.15, -0.1) is 0 Å². The lowest BCUT2D eigenvalue weighted by Crippen LogP contribution is -2.15. The van der Waals surface area contributed by atoms with Crippen LogP contribution in [0.4, 0.5) is 0 Å². The van der Waals surface area contributed by atoms with E-state index in [9.17, 15) is 4.79 Å². The van der Waals surface area contributed by atoms with Gasteiger partial charge in [0.05, 0.1) is 23.8 Å². The van der Waals surface area contributed by atoms with Gasteiger partial charge in [-0.1, -0.05) is 56.3 Å². The van der Waals surface area contributed by atoms with Crippen LogP contribution in [0.1, 0.15) is 49.9 Å². The Hall–Kier alpha value is -0.930. The highest BCUT2D eigenvalue weighted by Gasteiger charge is 2.21. The first kappa shape index (κ1) is 18.1. The first-order valence-electron chi connectivity index (χ1n) is 7.24. The van der Waals surface area contributed by atoms with Crippen LogP contribution < -0.4 is 4.74 Å². The molecular formula is C16H22Cl2O3. The highest BCUT2D eigenvalue weighted by molar-refractivity contribution is 6.37. The second-order valence-electron chi connectivity index (χ2n) is 4.95. The Bertz CT molecular complexity index is 475. The van der Waals surface area contributed by atoms with E-state index < -0.39 is 5.97 Å².